The van der Waals surface area contributed by atoms with Crippen molar-refractivity contribution in [3.8, 4) is 0 Å². The summed E-state index contributed by atoms with van der Waals surface area (Å²) in [6.07, 6.45) is 0. The third-order valence-electron chi connectivity index (χ3n) is 6.45. The number of hydrogen-bond donors (Lipinski definition) is 2. The van der Waals surface area contributed by atoms with E-state index in [1.165, 1.54) is 0 Å². The maximum absolute atomic E-state index is 4.35. The van der Waals surface area contributed by atoms with Crippen molar-refractivity contribution in [2.75, 3.05) is 13.1 Å². The highest BCUT2D eigenvalue weighted by Gasteiger charge is 2.88. The van der Waals surface area contributed by atoms with Crippen LogP contribution in [0.3, 0.4) is 0 Å². The van der Waals surface area contributed by atoms with E-state index in [4.69, 9.17) is 0 Å². The molecular formula is C18H20N2+2. The molecule has 0 amide bonds. The third-order valence-corrected chi connectivity index (χ3v) is 6.45. The summed E-state index contributed by atoms with van der Waals surface area (Å²) in [6.45, 7) is 2.01. The third kappa shape index (κ3) is 0.802. The summed E-state index contributed by atoms with van der Waals surface area (Å²) in [7, 11) is 0. The molecule has 2 heteroatoms. The molecule has 20 heavy (non-hydrogen) atoms. The first-order valence-electron chi connectivity index (χ1n) is 7.59. The molecule has 0 radical (unpaired) electrons. The zero-order valence-corrected chi connectivity index (χ0v) is 11.6. The summed E-state index contributed by atoms with van der Waals surface area (Å²) in [6, 6.07) is 18.1. The van der Waals surface area contributed by atoms with E-state index in [0.717, 1.165) is 13.1 Å². The minimum absolute atomic E-state index is 0.268. The van der Waals surface area contributed by atoms with E-state index in [0.29, 0.717) is 17.3 Å². The average molecular weight is 264 g/mol. The van der Waals surface area contributed by atoms with Crippen LogP contribution in [0.1, 0.15) is 34.1 Å². The van der Waals surface area contributed by atoms with Crippen LogP contribution in [0, 0.1) is 5.41 Å². The van der Waals surface area contributed by atoms with Crippen molar-refractivity contribution in [3.05, 3.63) is 70.8 Å². The Morgan fingerprint density at radius 2 is 1.45 bits per heavy atom. The molecule has 1 saturated carbocycles. The number of hydrogen-bond acceptors (Lipinski definition) is 0. The Kier molecular flexibility index (Phi) is 1.75. The van der Waals surface area contributed by atoms with Crippen LogP contribution in [0.25, 0.3) is 0 Å². The van der Waals surface area contributed by atoms with Crippen molar-refractivity contribution < 1.29 is 11.5 Å². The average Bonchev–Trinajstić information content (AvgIpc) is 2.92. The minimum Gasteiger partial charge on any atom is -0.357 e. The van der Waals surface area contributed by atoms with Crippen LogP contribution in [0.2, 0.25) is 0 Å². The Labute approximate surface area is 118 Å². The van der Waals surface area contributed by atoms with Gasteiger partial charge in [0.05, 0.1) is 23.9 Å². The minimum atomic E-state index is 0.268. The molecule has 2 aromatic carbocycles. The molecular weight excluding hydrogens is 244 g/mol. The van der Waals surface area contributed by atoms with Gasteiger partial charge in [0, 0.05) is 11.8 Å². The van der Waals surface area contributed by atoms with Gasteiger partial charge in [0.25, 0.3) is 0 Å². The van der Waals surface area contributed by atoms with Crippen LogP contribution in [0.5, 0.6) is 0 Å². The molecule has 0 aliphatic heterocycles. The lowest BCUT2D eigenvalue weighted by atomic mass is 9.82. The standard InChI is InChI=1S/C18H18N2/c19-9-17-14-8-4-3-7-13(14)15-11-5-1-2-6-12(11)16(17)18(15,17)10-20/h1-8,15-16H,9-10,19-20H2/p+2. The highest BCUT2D eigenvalue weighted by molar-refractivity contribution is 5.71. The van der Waals surface area contributed by atoms with Gasteiger partial charge in [-0.2, -0.15) is 0 Å². The molecule has 4 atom stereocenters. The van der Waals surface area contributed by atoms with E-state index in [1.807, 2.05) is 0 Å². The fraction of sp³-hybridized carbons (Fsp3) is 0.333. The lowest BCUT2D eigenvalue weighted by molar-refractivity contribution is -0.398. The maximum atomic E-state index is 4.35. The summed E-state index contributed by atoms with van der Waals surface area (Å²) in [5.74, 6) is 1.21. The molecule has 1 fully saturated rings. The SMILES string of the molecule is [NH3+]CC12c3ccccc3C3c4ccccc4C1C32C[NH3+]. The Morgan fingerprint density at radius 3 is 2.15 bits per heavy atom. The lowest BCUT2D eigenvalue weighted by Crippen LogP contribution is -2.61. The Hall–Kier alpha value is -1.64. The normalized spacial score (nSPS) is 38.3. The smallest absolute Gasteiger partial charge is 0.0852 e. The van der Waals surface area contributed by atoms with Gasteiger partial charge in [0.15, 0.2) is 0 Å². The largest absolute Gasteiger partial charge is 0.357 e. The number of fused-ring (bicyclic) bond motifs is 7. The Balaban J connectivity index is 1.90. The van der Waals surface area contributed by atoms with E-state index in [1.54, 1.807) is 22.3 Å². The Bertz CT molecular complexity index is 738. The fourth-order valence-electron chi connectivity index (χ4n) is 5.94. The van der Waals surface area contributed by atoms with E-state index in [2.05, 4.69) is 60.0 Å². The van der Waals surface area contributed by atoms with Crippen LogP contribution >= 0.6 is 0 Å². The lowest BCUT2D eigenvalue weighted by Gasteiger charge is -2.20. The zero-order valence-electron chi connectivity index (χ0n) is 11.6. The second-order valence-corrected chi connectivity index (χ2v) is 6.59. The number of quaternary nitrogens is 2. The van der Waals surface area contributed by atoms with E-state index >= 15 is 0 Å². The maximum Gasteiger partial charge on any atom is 0.0852 e. The summed E-state index contributed by atoms with van der Waals surface area (Å²) < 4.78 is 0. The van der Waals surface area contributed by atoms with Crippen LogP contribution in [-0.4, -0.2) is 13.1 Å². The first-order valence-corrected chi connectivity index (χ1v) is 7.59. The van der Waals surface area contributed by atoms with Crippen molar-refractivity contribution in [1.29, 1.82) is 0 Å². The topological polar surface area (TPSA) is 55.3 Å². The quantitative estimate of drug-likeness (QED) is 0.800. The molecule has 2 aromatic rings. The van der Waals surface area contributed by atoms with E-state index in [-0.39, 0.29) is 5.41 Å². The summed E-state index contributed by atoms with van der Waals surface area (Å²) in [5, 5.41) is 0. The van der Waals surface area contributed by atoms with Crippen molar-refractivity contribution >= 4 is 0 Å². The molecule has 0 bridgehead atoms. The van der Waals surface area contributed by atoms with Crippen LogP contribution < -0.4 is 11.5 Å². The van der Waals surface area contributed by atoms with Crippen molar-refractivity contribution in [2.24, 2.45) is 5.41 Å². The first kappa shape index (κ1) is 11.1. The summed E-state index contributed by atoms with van der Waals surface area (Å²) in [4.78, 5) is 0. The monoisotopic (exact) mass is 264 g/mol. The molecule has 4 unspecified atom stereocenters. The molecule has 3 aliphatic carbocycles. The van der Waals surface area contributed by atoms with Crippen LogP contribution in [-0.2, 0) is 5.41 Å². The van der Waals surface area contributed by atoms with Gasteiger partial charge in [-0.05, 0) is 22.3 Å². The van der Waals surface area contributed by atoms with Gasteiger partial charge >= 0.3 is 0 Å². The van der Waals surface area contributed by atoms with E-state index < -0.39 is 0 Å². The number of benzene rings is 2. The molecule has 2 nitrogen and oxygen atoms in total. The first-order chi connectivity index (χ1) is 9.83. The van der Waals surface area contributed by atoms with Crippen molar-refractivity contribution in [1.82, 2.24) is 0 Å². The second-order valence-electron chi connectivity index (χ2n) is 6.59. The summed E-state index contributed by atoms with van der Waals surface area (Å²) in [5.41, 5.74) is 15.5. The molecule has 0 saturated heterocycles. The Morgan fingerprint density at radius 1 is 0.800 bits per heavy atom. The fourth-order valence-corrected chi connectivity index (χ4v) is 5.94. The van der Waals surface area contributed by atoms with Gasteiger partial charge in [-0.3, -0.25) is 0 Å². The molecule has 3 aliphatic rings. The molecule has 0 heterocycles. The van der Waals surface area contributed by atoms with Crippen LogP contribution in [0.4, 0.5) is 0 Å². The van der Waals surface area contributed by atoms with Crippen molar-refractivity contribution in [3.63, 3.8) is 0 Å². The molecule has 0 spiro atoms. The van der Waals surface area contributed by atoms with Gasteiger partial charge in [0.2, 0.25) is 0 Å². The molecule has 5 rings (SSSR count). The predicted octanol–water partition coefficient (Wildman–Crippen LogP) is 0.651. The van der Waals surface area contributed by atoms with Crippen LogP contribution in [0.15, 0.2) is 48.5 Å². The summed E-state index contributed by atoms with van der Waals surface area (Å²) >= 11 is 0. The highest BCUT2D eigenvalue weighted by atomic mass is 14.9. The molecule has 100 valence electrons. The molecule has 0 aromatic heterocycles. The van der Waals surface area contributed by atoms with Gasteiger partial charge in [-0.25, -0.2) is 0 Å². The van der Waals surface area contributed by atoms with Gasteiger partial charge < -0.3 is 11.5 Å². The highest BCUT2D eigenvalue weighted by Crippen LogP contribution is 2.87. The molecule has 6 N–H and O–H groups in total. The predicted molar refractivity (Wildman–Crippen MR) is 77.1 cm³/mol. The van der Waals surface area contributed by atoms with E-state index in [9.17, 15) is 0 Å². The van der Waals surface area contributed by atoms with Gasteiger partial charge in [-0.1, -0.05) is 48.5 Å². The number of rotatable bonds is 2. The van der Waals surface area contributed by atoms with Gasteiger partial charge in [0.1, 0.15) is 0 Å². The second kappa shape index (κ2) is 3.16. The van der Waals surface area contributed by atoms with Crippen molar-refractivity contribution in [2.45, 2.75) is 17.3 Å². The van der Waals surface area contributed by atoms with Gasteiger partial charge in [-0.15, -0.1) is 0 Å². The zero-order chi connectivity index (χ0) is 13.5.